The van der Waals surface area contributed by atoms with Gasteiger partial charge in [-0.2, -0.15) is 0 Å². The van der Waals surface area contributed by atoms with Crippen LogP contribution in [0.5, 0.6) is 0 Å². The Morgan fingerprint density at radius 2 is 0.792 bits per heavy atom. The first-order valence-corrected chi connectivity index (χ1v) is 39.7. The van der Waals surface area contributed by atoms with Crippen LogP contribution < -0.4 is 10.6 Å². The van der Waals surface area contributed by atoms with Gasteiger partial charge in [0.15, 0.2) is 0 Å². The zero-order chi connectivity index (χ0) is 69.3. The third kappa shape index (κ3) is 27.7. The number of rotatable bonds is 35. The Labute approximate surface area is 572 Å². The number of aliphatic carboxylic acids is 2. The highest BCUT2D eigenvalue weighted by Crippen LogP contribution is 2.52. The molecule has 2 saturated heterocycles. The van der Waals surface area contributed by atoms with Gasteiger partial charge in [-0.05, 0) is 97.3 Å². The fourth-order valence-electron chi connectivity index (χ4n) is 13.4. The summed E-state index contributed by atoms with van der Waals surface area (Å²) in [7, 11) is -7.19. The minimum Gasteiger partial charge on any atom is -0.480 e. The molecule has 530 valence electrons. The van der Waals surface area contributed by atoms with Crippen LogP contribution in [-0.2, 0) is 82.3 Å². The molecule has 0 aromatic heterocycles. The molecule has 8 rings (SSSR count). The van der Waals surface area contributed by atoms with E-state index in [1.807, 2.05) is 100 Å². The highest BCUT2D eigenvalue weighted by Gasteiger charge is 2.47. The molecule has 2 aliphatic carbocycles. The van der Waals surface area contributed by atoms with Gasteiger partial charge < -0.3 is 40.1 Å². The summed E-state index contributed by atoms with van der Waals surface area (Å²) in [5.41, 5.74) is 5.02. The van der Waals surface area contributed by atoms with Gasteiger partial charge in [0.2, 0.25) is 39.1 Å². The average Bonchev–Trinajstić information content (AvgIpc) is 1.64. The molecule has 0 bridgehead atoms. The van der Waals surface area contributed by atoms with Crippen LogP contribution >= 0.6 is 14.7 Å². The molecular formula is C76H112N4O14P2. The largest absolute Gasteiger partial charge is 0.480 e. The number of nitrogens with zero attached hydrogens (tertiary/aromatic N) is 2. The molecule has 4 N–H and O–H groups in total. The number of hydrogen-bond acceptors (Lipinski definition) is 14. The predicted octanol–water partition coefficient (Wildman–Crippen LogP) is 14.8. The van der Waals surface area contributed by atoms with Crippen molar-refractivity contribution in [1.82, 2.24) is 20.4 Å². The Morgan fingerprint density at radius 1 is 0.469 bits per heavy atom. The van der Waals surface area contributed by atoms with Crippen molar-refractivity contribution in [2.24, 2.45) is 35.5 Å². The Hall–Kier alpha value is -6.00. The number of nitrogens with one attached hydrogen (secondary N) is 2. The highest BCUT2D eigenvalue weighted by molar-refractivity contribution is 7.60. The van der Waals surface area contributed by atoms with Crippen LogP contribution in [0.1, 0.15) is 179 Å². The first-order valence-electron chi connectivity index (χ1n) is 35.7. The molecule has 0 radical (unpaired) electrons. The molecule has 0 spiro atoms. The number of carboxylic acids is 2. The summed E-state index contributed by atoms with van der Waals surface area (Å²) < 4.78 is 51.4. The summed E-state index contributed by atoms with van der Waals surface area (Å²) in [6.45, 7) is 15.2. The number of benzene rings is 4. The number of carbonyl (C=O) groups excluding carboxylic acids is 4. The Kier molecular flexibility index (Phi) is 34.6. The number of carbonyl (C=O) groups is 6. The normalized spacial score (nSPS) is 20.2. The van der Waals surface area contributed by atoms with Crippen LogP contribution in [-0.4, -0.2) is 131 Å². The van der Waals surface area contributed by atoms with Gasteiger partial charge in [0.1, 0.15) is 24.4 Å². The molecule has 4 aromatic carbocycles. The topological polar surface area (TPSA) is 244 Å². The van der Waals surface area contributed by atoms with E-state index in [2.05, 4.69) is 59.2 Å². The highest BCUT2D eigenvalue weighted by atomic mass is 31.2. The van der Waals surface area contributed by atoms with Crippen LogP contribution in [0.2, 0.25) is 0 Å². The third-order valence-corrected chi connectivity index (χ3v) is 23.6. The van der Waals surface area contributed by atoms with Gasteiger partial charge in [0.05, 0.1) is 0 Å². The molecule has 4 aliphatic rings. The summed E-state index contributed by atoms with van der Waals surface area (Å²) in [6, 6.07) is 39.2. The summed E-state index contributed by atoms with van der Waals surface area (Å²) >= 11 is 0. The number of amides is 2. The molecule has 8 atom stereocenters. The van der Waals surface area contributed by atoms with E-state index in [-0.39, 0.29) is 61.2 Å². The first kappa shape index (κ1) is 79.0. The van der Waals surface area contributed by atoms with Crippen molar-refractivity contribution in [3.8, 4) is 0 Å². The fraction of sp³-hybridized carbons (Fsp3) is 0.605. The fourth-order valence-corrected chi connectivity index (χ4v) is 18.0. The van der Waals surface area contributed by atoms with Crippen LogP contribution in [0.4, 0.5) is 0 Å². The number of likely N-dealkylation sites (tertiary alicyclic amines) is 2. The summed E-state index contributed by atoms with van der Waals surface area (Å²) in [5.74, 6) is -3.22. The Balaban J connectivity index is 0.000000243. The van der Waals surface area contributed by atoms with E-state index >= 15 is 0 Å². The zero-order valence-electron chi connectivity index (χ0n) is 58.1. The van der Waals surface area contributed by atoms with Gasteiger partial charge >= 0.3 is 23.9 Å². The number of hydrogen-bond donors (Lipinski definition) is 4. The van der Waals surface area contributed by atoms with Crippen molar-refractivity contribution in [2.75, 3.05) is 50.8 Å². The monoisotopic (exact) mass is 1370 g/mol. The van der Waals surface area contributed by atoms with Crippen molar-refractivity contribution in [3.63, 3.8) is 0 Å². The van der Waals surface area contributed by atoms with E-state index in [0.29, 0.717) is 50.6 Å². The number of esters is 2. The summed E-state index contributed by atoms with van der Waals surface area (Å²) in [6.07, 6.45) is 14.2. The maximum Gasteiger partial charge on any atom is 0.326 e. The van der Waals surface area contributed by atoms with Gasteiger partial charge in [-0.15, -0.1) is 0 Å². The van der Waals surface area contributed by atoms with Crippen molar-refractivity contribution in [3.05, 3.63) is 144 Å². The number of carboxylic acid groups (broad SMARTS) is 2. The minimum absolute atomic E-state index is 0.149. The second kappa shape index (κ2) is 42.1. The maximum atomic E-state index is 14.2. The van der Waals surface area contributed by atoms with E-state index in [4.69, 9.17) is 18.5 Å². The standard InChI is InChI=1S/2C30H46NO7P.C16H20N2/c2*1-4-28(33)37-30(22(2)3)38-39(36,18-12-11-15-23-13-7-5-8-14-23)21-27(32)31-20-25(19-26(31)29(34)35)24-16-9-6-10-17-24;1-3-7-15(8-4-1)13-17-11-12-18-14-16-9-5-2-6-10-16/h2*5,7-8,13-14,22,24-26,30H,4,6,9-12,15-21H2,1-3H3,(H,34,35);1-10,17-18H,11-14H2/t2*25-,26+,30-,39?;/m11./s1. The van der Waals surface area contributed by atoms with E-state index in [9.17, 15) is 48.1 Å². The lowest BCUT2D eigenvalue weighted by atomic mass is 9.79. The van der Waals surface area contributed by atoms with Crippen LogP contribution in [0, 0.1) is 35.5 Å². The summed E-state index contributed by atoms with van der Waals surface area (Å²) in [5, 5.41) is 26.7. The number of ether oxygens (including phenoxy) is 2. The van der Waals surface area contributed by atoms with Gasteiger partial charge in [0.25, 0.3) is 0 Å². The first-order chi connectivity index (χ1) is 46.2. The van der Waals surface area contributed by atoms with Crippen LogP contribution in [0.15, 0.2) is 121 Å². The molecule has 2 unspecified atom stereocenters. The Bertz CT molecular complexity index is 2840. The molecule has 2 heterocycles. The van der Waals surface area contributed by atoms with Crippen molar-refractivity contribution in [2.45, 2.75) is 208 Å². The van der Waals surface area contributed by atoms with Crippen molar-refractivity contribution in [1.29, 1.82) is 0 Å². The minimum atomic E-state index is -3.60. The van der Waals surface area contributed by atoms with Crippen LogP contribution in [0.25, 0.3) is 0 Å². The second-order valence-electron chi connectivity index (χ2n) is 27.3. The lowest BCUT2D eigenvalue weighted by Crippen LogP contribution is -2.42. The predicted molar refractivity (Wildman–Crippen MR) is 378 cm³/mol. The molecule has 2 aliphatic heterocycles. The molecule has 4 fully saturated rings. The lowest BCUT2D eigenvalue weighted by Gasteiger charge is -2.30. The number of aryl methyl sites for hydroxylation is 2. The van der Waals surface area contributed by atoms with Gasteiger partial charge in [-0.25, -0.2) is 9.59 Å². The van der Waals surface area contributed by atoms with Crippen LogP contribution in [0.3, 0.4) is 0 Å². The number of unbranched alkanes of at least 4 members (excludes halogenated alkanes) is 2. The molecule has 4 aromatic rings. The molecule has 2 amide bonds. The average molecular weight is 1370 g/mol. The van der Waals surface area contributed by atoms with E-state index in [0.717, 1.165) is 103 Å². The van der Waals surface area contributed by atoms with Gasteiger partial charge in [-0.1, -0.05) is 227 Å². The summed E-state index contributed by atoms with van der Waals surface area (Å²) in [4.78, 5) is 78.3. The molecule has 20 heteroatoms. The smallest absolute Gasteiger partial charge is 0.326 e. The van der Waals surface area contributed by atoms with E-state index < -0.39 is 75.1 Å². The molecule has 2 saturated carbocycles. The van der Waals surface area contributed by atoms with Crippen molar-refractivity contribution >= 4 is 50.4 Å². The zero-order valence-corrected chi connectivity index (χ0v) is 59.9. The quantitative estimate of drug-likeness (QED) is 0.0145. The lowest BCUT2D eigenvalue weighted by molar-refractivity contribution is -0.170. The van der Waals surface area contributed by atoms with Crippen molar-refractivity contribution < 1.29 is 66.6 Å². The van der Waals surface area contributed by atoms with E-state index in [1.165, 1.54) is 44.9 Å². The second-order valence-corrected chi connectivity index (χ2v) is 32.5. The molecule has 18 nitrogen and oxygen atoms in total. The molecule has 96 heavy (non-hydrogen) atoms. The third-order valence-electron chi connectivity index (χ3n) is 19.0. The molecular weight excluding hydrogens is 1250 g/mol. The van der Waals surface area contributed by atoms with Gasteiger partial charge in [0, 0.05) is 76.3 Å². The maximum absolute atomic E-state index is 14.2. The van der Waals surface area contributed by atoms with Gasteiger partial charge in [-0.3, -0.25) is 37.4 Å². The Morgan fingerprint density at radius 3 is 1.09 bits per heavy atom. The SMILES string of the molecule is CCC(=O)O[C@H](OP(=O)(CCCCc1ccccc1)CC(=O)N1C[C@H](C2CCCCC2)C[C@H]1C(=O)O)C(C)C.CCC(=O)O[C@H](OP(=O)(CCCCc1ccccc1)CC(=O)N1C[C@H](C2CCCCC2)C[C@H]1C(=O)O)C(C)C.c1ccc(CNCCNCc2ccccc2)cc1. The van der Waals surface area contributed by atoms with E-state index in [1.54, 1.807) is 13.8 Å².